The summed E-state index contributed by atoms with van der Waals surface area (Å²) in [5, 5.41) is 105. The van der Waals surface area contributed by atoms with Crippen LogP contribution < -0.4 is 0 Å². The molecule has 1 aliphatic carbocycles. The fourth-order valence-electron chi connectivity index (χ4n) is 5.63. The highest BCUT2D eigenvalue weighted by Gasteiger charge is 2.67. The summed E-state index contributed by atoms with van der Waals surface area (Å²) in [7, 11) is 0. The molecule has 0 spiro atoms. The first kappa shape index (κ1) is 30.2. The zero-order valence-electron chi connectivity index (χ0n) is 21.7. The van der Waals surface area contributed by atoms with E-state index < -0.39 is 114 Å². The normalized spacial score (nSPS) is 40.2. The minimum atomic E-state index is -3.22. The van der Waals surface area contributed by atoms with Crippen molar-refractivity contribution in [2.24, 2.45) is 0 Å². The maximum Gasteiger partial charge on any atom is 0.214 e. The number of aliphatic hydroxyl groups is 9. The van der Waals surface area contributed by atoms with E-state index in [1.165, 1.54) is 30.3 Å². The van der Waals surface area contributed by atoms with Gasteiger partial charge in [0.2, 0.25) is 11.4 Å². The topological polar surface area (TPSA) is 264 Å². The van der Waals surface area contributed by atoms with E-state index in [4.69, 9.17) is 14.2 Å². The molecule has 2 saturated heterocycles. The van der Waals surface area contributed by atoms with Gasteiger partial charge >= 0.3 is 0 Å². The summed E-state index contributed by atoms with van der Waals surface area (Å²) in [6.07, 6.45) is -16.0. The first-order valence-corrected chi connectivity index (χ1v) is 12.9. The number of Topliss-reactive ketones (excluding diaryl/α,β-unsaturated/α-hetero) is 1. The molecule has 1 aromatic rings. The van der Waals surface area contributed by atoms with Crippen molar-refractivity contribution in [2.75, 3.05) is 13.2 Å². The Bertz CT molecular complexity index is 1330. The number of fused-ring (bicyclic) bond motifs is 2. The molecule has 10 N–H and O–H groups in total. The number of carbonyl (C=O) groups is 2. The van der Waals surface area contributed by atoms with Gasteiger partial charge < -0.3 is 65.3 Å². The molecular formula is C27H30O15. The van der Waals surface area contributed by atoms with Gasteiger partial charge in [0.25, 0.3) is 0 Å². The molecule has 2 fully saturated rings. The van der Waals surface area contributed by atoms with E-state index in [1.807, 2.05) is 0 Å². The smallest absolute Gasteiger partial charge is 0.214 e. The number of phenols is 1. The summed E-state index contributed by atoms with van der Waals surface area (Å²) < 4.78 is 16.7. The van der Waals surface area contributed by atoms with Crippen molar-refractivity contribution < 1.29 is 74.9 Å². The number of ether oxygens (including phenoxy) is 3. The molecule has 0 saturated carbocycles. The fraction of sp³-hybridized carbons (Fsp3) is 0.481. The third kappa shape index (κ3) is 4.55. The predicted octanol–water partition coefficient (Wildman–Crippen LogP) is -3.92. The van der Waals surface area contributed by atoms with Crippen molar-refractivity contribution in [2.45, 2.75) is 66.6 Å². The van der Waals surface area contributed by atoms with Crippen LogP contribution in [0.25, 0.3) is 6.08 Å². The molecule has 42 heavy (non-hydrogen) atoms. The number of benzene rings is 1. The van der Waals surface area contributed by atoms with E-state index in [1.54, 1.807) is 0 Å². The fourth-order valence-corrected chi connectivity index (χ4v) is 5.63. The predicted molar refractivity (Wildman–Crippen MR) is 135 cm³/mol. The Balaban J connectivity index is 1.64. The van der Waals surface area contributed by atoms with E-state index in [2.05, 4.69) is 0 Å². The highest BCUT2D eigenvalue weighted by molar-refractivity contribution is 6.29. The van der Waals surface area contributed by atoms with Gasteiger partial charge in [0.05, 0.1) is 18.8 Å². The van der Waals surface area contributed by atoms with E-state index >= 15 is 0 Å². The lowest BCUT2D eigenvalue weighted by Gasteiger charge is -2.47. The van der Waals surface area contributed by atoms with E-state index in [0.717, 1.165) is 6.08 Å². The second-order valence-electron chi connectivity index (χ2n) is 10.4. The zero-order valence-corrected chi connectivity index (χ0v) is 21.7. The highest BCUT2D eigenvalue weighted by Crippen LogP contribution is 2.50. The molecule has 0 aromatic heterocycles. The van der Waals surface area contributed by atoms with E-state index in [9.17, 15) is 60.7 Å². The second-order valence-corrected chi connectivity index (χ2v) is 10.4. The number of aromatic hydroxyl groups is 1. The largest absolute Gasteiger partial charge is 0.508 e. The monoisotopic (exact) mass is 594 g/mol. The number of rotatable bonds is 6. The molecule has 0 unspecified atom stereocenters. The minimum absolute atomic E-state index is 0.0536. The molecule has 11 atom stereocenters. The summed E-state index contributed by atoms with van der Waals surface area (Å²) in [5.41, 5.74) is -4.38. The molecular weight excluding hydrogens is 564 g/mol. The van der Waals surface area contributed by atoms with Crippen LogP contribution in [0.1, 0.15) is 5.56 Å². The van der Waals surface area contributed by atoms with Gasteiger partial charge in [-0.25, -0.2) is 0 Å². The minimum Gasteiger partial charge on any atom is -0.508 e. The summed E-state index contributed by atoms with van der Waals surface area (Å²) in [4.78, 5) is 27.3. The second kappa shape index (κ2) is 11.1. The van der Waals surface area contributed by atoms with Gasteiger partial charge in [-0.05, 0) is 23.8 Å². The number of hydrogen-bond acceptors (Lipinski definition) is 15. The number of carbonyl (C=O) groups excluding carboxylic acids is 2. The van der Waals surface area contributed by atoms with Crippen LogP contribution in [0.2, 0.25) is 0 Å². The molecule has 3 aliphatic heterocycles. The van der Waals surface area contributed by atoms with Crippen LogP contribution in [0.3, 0.4) is 0 Å². The van der Waals surface area contributed by atoms with Crippen molar-refractivity contribution in [1.82, 2.24) is 0 Å². The van der Waals surface area contributed by atoms with Crippen molar-refractivity contribution in [3.05, 3.63) is 58.6 Å². The summed E-state index contributed by atoms with van der Waals surface area (Å²) in [5.74, 6) is -4.64. The Morgan fingerprint density at radius 2 is 1.45 bits per heavy atom. The molecule has 15 heteroatoms. The first-order chi connectivity index (χ1) is 19.9. The van der Waals surface area contributed by atoms with Crippen LogP contribution in [0, 0.1) is 0 Å². The molecule has 0 radical (unpaired) electrons. The Kier molecular flexibility index (Phi) is 8.01. The van der Waals surface area contributed by atoms with Crippen LogP contribution in [0.5, 0.6) is 5.75 Å². The molecule has 5 rings (SSSR count). The van der Waals surface area contributed by atoms with Crippen LogP contribution in [0.15, 0.2) is 53.0 Å². The van der Waals surface area contributed by atoms with Gasteiger partial charge in [0.1, 0.15) is 77.8 Å². The quantitative estimate of drug-likeness (QED) is 0.111. The summed E-state index contributed by atoms with van der Waals surface area (Å²) in [6.45, 7) is -1.73. The lowest BCUT2D eigenvalue weighted by molar-refractivity contribution is -0.266. The van der Waals surface area contributed by atoms with Gasteiger partial charge in [-0.1, -0.05) is 18.2 Å². The maximum atomic E-state index is 13.9. The lowest BCUT2D eigenvalue weighted by Crippen LogP contribution is -2.68. The summed E-state index contributed by atoms with van der Waals surface area (Å²) in [6, 6.07) is 5.53. The van der Waals surface area contributed by atoms with Gasteiger partial charge in [-0.15, -0.1) is 0 Å². The van der Waals surface area contributed by atoms with Crippen LogP contribution >= 0.6 is 0 Å². The van der Waals surface area contributed by atoms with E-state index in [0.29, 0.717) is 5.56 Å². The molecule has 4 aliphatic rings. The number of allylic oxidation sites excluding steroid dienone is 1. The Labute approximate surface area is 237 Å². The Hall–Kier alpha value is -3.22. The van der Waals surface area contributed by atoms with Gasteiger partial charge in [-0.2, -0.15) is 0 Å². The number of aliphatic hydroxyl groups excluding tert-OH is 8. The van der Waals surface area contributed by atoms with Crippen LogP contribution in [-0.2, 0) is 23.8 Å². The first-order valence-electron chi connectivity index (χ1n) is 12.9. The molecule has 228 valence electrons. The number of ketones is 2. The van der Waals surface area contributed by atoms with Crippen molar-refractivity contribution in [3.8, 4) is 5.75 Å². The Morgan fingerprint density at radius 3 is 2.07 bits per heavy atom. The highest BCUT2D eigenvalue weighted by atomic mass is 16.6. The standard InChI is InChI=1S/C27H30O15/c28-7-12-17(33)20(36)23-22(40-12)15-18(34)14(11(31)6-3-9-1-4-10(30)5-2-9)24(38)27(39,25(15)42-23)26-21(37)19(35)16(32)13(8-29)41-26/h1-6,12-13,16-17,19-23,26,28-30,32-37,39H,7-8H2/t12-,13+,16-,17+,19-,20+,21+,22+,23+,26+,27-/m1/s1. The molecule has 3 heterocycles. The van der Waals surface area contributed by atoms with Crippen molar-refractivity contribution in [1.29, 1.82) is 0 Å². The van der Waals surface area contributed by atoms with Crippen molar-refractivity contribution >= 4 is 17.6 Å². The van der Waals surface area contributed by atoms with Gasteiger partial charge in [-0.3, -0.25) is 9.59 Å². The van der Waals surface area contributed by atoms with Gasteiger partial charge in [0, 0.05) is 0 Å². The molecule has 15 nitrogen and oxygen atoms in total. The summed E-state index contributed by atoms with van der Waals surface area (Å²) >= 11 is 0. The molecule has 1 aromatic carbocycles. The zero-order chi connectivity index (χ0) is 30.7. The van der Waals surface area contributed by atoms with E-state index in [-0.39, 0.29) is 5.75 Å². The molecule has 0 bridgehead atoms. The Morgan fingerprint density at radius 1 is 0.857 bits per heavy atom. The van der Waals surface area contributed by atoms with Crippen LogP contribution in [-0.4, -0.2) is 142 Å². The average molecular weight is 595 g/mol. The SMILES string of the molecule is O=C(C=Cc1ccc(O)cc1)C1=C(O)C2=C(O[C@H]3[C@@H](O)[C@@H](O)[C@@H](CO)O[C@@H]23)[C@@](O)([C@H]2O[C@@H](CO)[C@@H](O)[C@@H](O)[C@@H]2O)C1=O. The maximum absolute atomic E-state index is 13.9. The third-order valence-electron chi connectivity index (χ3n) is 7.93. The third-order valence-corrected chi connectivity index (χ3v) is 7.93. The van der Waals surface area contributed by atoms with Crippen LogP contribution in [0.4, 0.5) is 0 Å². The lowest BCUT2D eigenvalue weighted by atomic mass is 9.73. The van der Waals surface area contributed by atoms with Crippen molar-refractivity contribution in [3.63, 3.8) is 0 Å². The number of phenolic OH excluding ortho intramolecular Hbond substituents is 1. The molecule has 0 amide bonds. The van der Waals surface area contributed by atoms with Gasteiger partial charge in [0.15, 0.2) is 11.9 Å². The number of hydrogen-bond donors (Lipinski definition) is 10. The average Bonchev–Trinajstić information content (AvgIpc) is 3.37.